The third kappa shape index (κ3) is 3.07. The maximum Gasteiger partial charge on any atom is 0.127 e. The van der Waals surface area contributed by atoms with Gasteiger partial charge in [-0.05, 0) is 43.7 Å². The van der Waals surface area contributed by atoms with E-state index in [0.717, 1.165) is 30.2 Å². The van der Waals surface area contributed by atoms with E-state index in [1.54, 1.807) is 0 Å². The van der Waals surface area contributed by atoms with Crippen LogP contribution >= 0.6 is 11.6 Å². The lowest BCUT2D eigenvalue weighted by Crippen LogP contribution is -2.19. The maximum atomic E-state index is 6.27. The standard InChI is InChI=1S/C18H20ClNO/c1-12-4-3-5-13(8-12)9-17(20-2)16-11-15(19)10-14-6-7-21-18(14)16/h3-5,8,10-11,17,20H,6-7,9H2,1-2H3. The molecule has 1 heterocycles. The van der Waals surface area contributed by atoms with Gasteiger partial charge in [-0.15, -0.1) is 0 Å². The summed E-state index contributed by atoms with van der Waals surface area (Å²) in [7, 11) is 1.99. The number of rotatable bonds is 4. The average molecular weight is 302 g/mol. The summed E-state index contributed by atoms with van der Waals surface area (Å²) in [5, 5.41) is 4.20. The summed E-state index contributed by atoms with van der Waals surface area (Å²) in [5.41, 5.74) is 5.00. The highest BCUT2D eigenvalue weighted by Crippen LogP contribution is 2.37. The Hall–Kier alpha value is -1.51. The minimum atomic E-state index is 0.206. The van der Waals surface area contributed by atoms with Gasteiger partial charge in [0.25, 0.3) is 0 Å². The van der Waals surface area contributed by atoms with Crippen LogP contribution in [0.1, 0.15) is 28.3 Å². The van der Waals surface area contributed by atoms with Crippen molar-refractivity contribution in [1.82, 2.24) is 5.32 Å². The van der Waals surface area contributed by atoms with Crippen LogP contribution < -0.4 is 10.1 Å². The van der Waals surface area contributed by atoms with Gasteiger partial charge in [-0.2, -0.15) is 0 Å². The Balaban J connectivity index is 1.94. The van der Waals surface area contributed by atoms with Crippen LogP contribution in [0.4, 0.5) is 0 Å². The first-order chi connectivity index (χ1) is 10.2. The first-order valence-electron chi connectivity index (χ1n) is 7.35. The number of likely N-dealkylation sites (N-methyl/N-ethyl adjacent to an activating group) is 1. The van der Waals surface area contributed by atoms with Crippen molar-refractivity contribution >= 4 is 11.6 Å². The van der Waals surface area contributed by atoms with Gasteiger partial charge in [-0.1, -0.05) is 41.4 Å². The summed E-state index contributed by atoms with van der Waals surface area (Å²) >= 11 is 6.27. The topological polar surface area (TPSA) is 21.3 Å². The summed E-state index contributed by atoms with van der Waals surface area (Å²) in [4.78, 5) is 0. The van der Waals surface area contributed by atoms with Crippen molar-refractivity contribution < 1.29 is 4.74 Å². The third-order valence-corrected chi connectivity index (χ3v) is 4.24. The van der Waals surface area contributed by atoms with Crippen molar-refractivity contribution in [3.05, 3.63) is 63.7 Å². The van der Waals surface area contributed by atoms with Crippen LogP contribution in [0.5, 0.6) is 5.75 Å². The molecule has 0 amide bonds. The van der Waals surface area contributed by atoms with Crippen LogP contribution in [0.15, 0.2) is 36.4 Å². The number of hydrogen-bond donors (Lipinski definition) is 1. The molecule has 2 aromatic rings. The molecular weight excluding hydrogens is 282 g/mol. The molecule has 1 atom stereocenters. The molecule has 0 aliphatic carbocycles. The second-order valence-electron chi connectivity index (χ2n) is 5.62. The molecule has 2 nitrogen and oxygen atoms in total. The summed E-state index contributed by atoms with van der Waals surface area (Å²) in [6, 6.07) is 12.9. The van der Waals surface area contributed by atoms with Crippen LogP contribution in [0.3, 0.4) is 0 Å². The molecule has 1 N–H and O–H groups in total. The fourth-order valence-electron chi connectivity index (χ4n) is 3.00. The molecule has 110 valence electrons. The van der Waals surface area contributed by atoms with E-state index in [1.807, 2.05) is 19.2 Å². The Labute approximate surface area is 131 Å². The van der Waals surface area contributed by atoms with Gasteiger partial charge in [0.2, 0.25) is 0 Å². The van der Waals surface area contributed by atoms with E-state index in [9.17, 15) is 0 Å². The number of fused-ring (bicyclic) bond motifs is 1. The van der Waals surface area contributed by atoms with Gasteiger partial charge in [0.15, 0.2) is 0 Å². The van der Waals surface area contributed by atoms with Gasteiger partial charge in [0, 0.05) is 23.0 Å². The highest BCUT2D eigenvalue weighted by Gasteiger charge is 2.22. The van der Waals surface area contributed by atoms with Crippen molar-refractivity contribution in [3.8, 4) is 5.75 Å². The lowest BCUT2D eigenvalue weighted by atomic mass is 9.95. The second-order valence-corrected chi connectivity index (χ2v) is 6.05. The lowest BCUT2D eigenvalue weighted by molar-refractivity contribution is 0.349. The molecule has 3 heteroatoms. The molecular formula is C18H20ClNO. The highest BCUT2D eigenvalue weighted by molar-refractivity contribution is 6.30. The highest BCUT2D eigenvalue weighted by atomic mass is 35.5. The molecule has 0 bridgehead atoms. The Morgan fingerprint density at radius 2 is 2.14 bits per heavy atom. The van der Waals surface area contributed by atoms with E-state index in [-0.39, 0.29) is 6.04 Å². The molecule has 1 unspecified atom stereocenters. The van der Waals surface area contributed by atoms with Gasteiger partial charge in [0.05, 0.1) is 6.61 Å². The molecule has 21 heavy (non-hydrogen) atoms. The Bertz CT molecular complexity index is 654. The summed E-state index contributed by atoms with van der Waals surface area (Å²) < 4.78 is 5.83. The zero-order chi connectivity index (χ0) is 14.8. The van der Waals surface area contributed by atoms with Crippen LogP contribution in [-0.2, 0) is 12.8 Å². The summed E-state index contributed by atoms with van der Waals surface area (Å²) in [6.07, 6.45) is 1.87. The van der Waals surface area contributed by atoms with Gasteiger partial charge in [-0.3, -0.25) is 0 Å². The smallest absolute Gasteiger partial charge is 0.127 e. The van der Waals surface area contributed by atoms with E-state index in [0.29, 0.717) is 0 Å². The normalized spacial score (nSPS) is 14.6. The quantitative estimate of drug-likeness (QED) is 0.918. The van der Waals surface area contributed by atoms with Crippen molar-refractivity contribution in [3.63, 3.8) is 0 Å². The Morgan fingerprint density at radius 1 is 1.29 bits per heavy atom. The van der Waals surface area contributed by atoms with Gasteiger partial charge in [0.1, 0.15) is 5.75 Å². The average Bonchev–Trinajstić information content (AvgIpc) is 2.92. The van der Waals surface area contributed by atoms with E-state index < -0.39 is 0 Å². The summed E-state index contributed by atoms with van der Waals surface area (Å²) in [5.74, 6) is 1.02. The predicted octanol–water partition coefficient (Wildman–Crippen LogP) is 4.09. The van der Waals surface area contributed by atoms with E-state index in [1.165, 1.54) is 22.3 Å². The monoisotopic (exact) mass is 301 g/mol. The van der Waals surface area contributed by atoms with Crippen molar-refractivity contribution in [2.75, 3.05) is 13.7 Å². The van der Waals surface area contributed by atoms with Crippen LogP contribution in [0.25, 0.3) is 0 Å². The molecule has 0 saturated heterocycles. The molecule has 0 aromatic heterocycles. The van der Waals surface area contributed by atoms with Crippen LogP contribution in [0, 0.1) is 6.92 Å². The molecule has 3 rings (SSSR count). The number of benzene rings is 2. The third-order valence-electron chi connectivity index (χ3n) is 4.02. The lowest BCUT2D eigenvalue weighted by Gasteiger charge is -2.20. The van der Waals surface area contributed by atoms with E-state index in [4.69, 9.17) is 16.3 Å². The maximum absolute atomic E-state index is 6.27. The Kier molecular flexibility index (Phi) is 4.18. The molecule has 0 radical (unpaired) electrons. The molecule has 1 aliphatic heterocycles. The van der Waals surface area contributed by atoms with E-state index >= 15 is 0 Å². The SMILES string of the molecule is CNC(Cc1cccc(C)c1)c1cc(Cl)cc2c1OCC2. The van der Waals surface area contributed by atoms with Gasteiger partial charge in [-0.25, -0.2) is 0 Å². The number of hydrogen-bond acceptors (Lipinski definition) is 2. The molecule has 0 saturated carbocycles. The number of ether oxygens (including phenoxy) is 1. The van der Waals surface area contributed by atoms with Crippen molar-refractivity contribution in [2.45, 2.75) is 25.8 Å². The zero-order valence-corrected chi connectivity index (χ0v) is 13.2. The van der Waals surface area contributed by atoms with Gasteiger partial charge >= 0.3 is 0 Å². The largest absolute Gasteiger partial charge is 0.493 e. The van der Waals surface area contributed by atoms with E-state index in [2.05, 4.69) is 36.5 Å². The fraction of sp³-hybridized carbons (Fsp3) is 0.333. The van der Waals surface area contributed by atoms with Gasteiger partial charge < -0.3 is 10.1 Å². The second kappa shape index (κ2) is 6.08. The number of nitrogens with one attached hydrogen (secondary N) is 1. The number of halogens is 1. The zero-order valence-electron chi connectivity index (χ0n) is 12.4. The minimum absolute atomic E-state index is 0.206. The van der Waals surface area contributed by atoms with Crippen LogP contribution in [0.2, 0.25) is 5.02 Å². The molecule has 0 fully saturated rings. The van der Waals surface area contributed by atoms with Crippen molar-refractivity contribution in [1.29, 1.82) is 0 Å². The first-order valence-corrected chi connectivity index (χ1v) is 7.73. The van der Waals surface area contributed by atoms with Crippen LogP contribution in [-0.4, -0.2) is 13.7 Å². The first kappa shape index (κ1) is 14.4. The number of aryl methyl sites for hydroxylation is 1. The fourth-order valence-corrected chi connectivity index (χ4v) is 3.25. The molecule has 2 aromatic carbocycles. The minimum Gasteiger partial charge on any atom is -0.493 e. The van der Waals surface area contributed by atoms with Crippen molar-refractivity contribution in [2.24, 2.45) is 0 Å². The summed E-state index contributed by atoms with van der Waals surface area (Å²) in [6.45, 7) is 2.88. The molecule has 1 aliphatic rings. The predicted molar refractivity (Wildman–Crippen MR) is 87.3 cm³/mol. The molecule has 0 spiro atoms. The Morgan fingerprint density at radius 3 is 2.90 bits per heavy atom.